The minimum Gasteiger partial charge on any atom is -0.286 e. The Morgan fingerprint density at radius 3 is 1.74 bits per heavy atom. The Labute approximate surface area is 167 Å². The fourth-order valence-corrected chi connectivity index (χ4v) is 3.37. The number of aromatic nitrogens is 4. The van der Waals surface area contributed by atoms with Gasteiger partial charge in [0, 0.05) is 19.3 Å². The summed E-state index contributed by atoms with van der Waals surface area (Å²) in [6, 6.07) is 1.83. The number of nitrogens with one attached hydrogen (secondary N) is 2. The van der Waals surface area contributed by atoms with Gasteiger partial charge in [-0.1, -0.05) is 84.0 Å². The van der Waals surface area contributed by atoms with Gasteiger partial charge in [0.1, 0.15) is 11.9 Å². The van der Waals surface area contributed by atoms with E-state index in [9.17, 15) is 0 Å². The Morgan fingerprint density at radius 2 is 1.37 bits per heavy atom. The van der Waals surface area contributed by atoms with Gasteiger partial charge in [-0.2, -0.15) is 5.10 Å². The Hall–Kier alpha value is -1.58. The highest BCUT2D eigenvalue weighted by molar-refractivity contribution is 4.79. The molecule has 0 saturated carbocycles. The van der Waals surface area contributed by atoms with E-state index in [4.69, 9.17) is 0 Å². The van der Waals surface area contributed by atoms with Gasteiger partial charge in [0.15, 0.2) is 0 Å². The molecule has 2 aromatic heterocycles. The molecular weight excluding hydrogens is 332 g/mol. The van der Waals surface area contributed by atoms with Crippen LogP contribution in [0.4, 0.5) is 0 Å². The van der Waals surface area contributed by atoms with Gasteiger partial charge in [-0.25, -0.2) is 9.55 Å². The number of aromatic amines is 2. The van der Waals surface area contributed by atoms with Crippen molar-refractivity contribution in [1.29, 1.82) is 0 Å². The van der Waals surface area contributed by atoms with Crippen LogP contribution in [0.2, 0.25) is 0 Å². The fraction of sp³-hybridized carbons (Fsp3) is 0.739. The summed E-state index contributed by atoms with van der Waals surface area (Å²) in [5, 5.41) is 6.21. The lowest BCUT2D eigenvalue weighted by Gasteiger charge is -2.03. The number of aryl methyl sites for hydroxylation is 2. The third kappa shape index (κ3) is 14.2. The second-order valence-corrected chi connectivity index (χ2v) is 7.64. The van der Waals surface area contributed by atoms with Gasteiger partial charge in [-0.05, 0) is 18.9 Å². The summed E-state index contributed by atoms with van der Waals surface area (Å²) in [6.45, 7) is 5.63. The summed E-state index contributed by atoms with van der Waals surface area (Å²) in [4.78, 5) is 3.16. The average Bonchev–Trinajstić information content (AvgIpc) is 3.37. The second kappa shape index (κ2) is 17.8. The Kier molecular flexibility index (Phi) is 15.5. The SMILES string of the molecule is CCCCCCCCCCCCCCCC[n+]1c[nH]cc1C.c1cn[nH]c1. The minimum absolute atomic E-state index is 1.17. The molecule has 0 radical (unpaired) electrons. The van der Waals surface area contributed by atoms with Crippen molar-refractivity contribution in [2.45, 2.75) is 110 Å². The van der Waals surface area contributed by atoms with Gasteiger partial charge in [0.25, 0.3) is 0 Å². The van der Waals surface area contributed by atoms with Crippen LogP contribution in [-0.2, 0) is 6.54 Å². The number of hydrogen-bond donors (Lipinski definition) is 2. The van der Waals surface area contributed by atoms with E-state index in [2.05, 4.69) is 46.1 Å². The van der Waals surface area contributed by atoms with E-state index >= 15 is 0 Å². The maximum atomic E-state index is 3.60. The quantitative estimate of drug-likeness (QED) is 0.271. The molecule has 0 saturated heterocycles. The highest BCUT2D eigenvalue weighted by Crippen LogP contribution is 2.12. The fourth-order valence-electron chi connectivity index (χ4n) is 3.37. The molecule has 27 heavy (non-hydrogen) atoms. The number of nitrogens with zero attached hydrogens (tertiary/aromatic N) is 2. The van der Waals surface area contributed by atoms with Crippen LogP contribution in [0.5, 0.6) is 0 Å². The number of H-pyrrole nitrogens is 2. The lowest BCUT2D eigenvalue weighted by atomic mass is 10.0. The van der Waals surface area contributed by atoms with Gasteiger partial charge in [0.2, 0.25) is 6.33 Å². The monoisotopic (exact) mass is 375 g/mol. The lowest BCUT2D eigenvalue weighted by Crippen LogP contribution is -2.33. The predicted octanol–water partition coefficient (Wildman–Crippen LogP) is 6.50. The zero-order valence-electron chi connectivity index (χ0n) is 17.9. The molecule has 0 bridgehead atoms. The molecule has 154 valence electrons. The Balaban J connectivity index is 0.000000625. The minimum atomic E-state index is 1.17. The Bertz CT molecular complexity index is 487. The molecule has 4 nitrogen and oxygen atoms in total. The summed E-state index contributed by atoms with van der Waals surface area (Å²) in [6.07, 6.45) is 27.7. The molecule has 2 rings (SSSR count). The first-order chi connectivity index (χ1) is 13.3. The van der Waals surface area contributed by atoms with Crippen LogP contribution < -0.4 is 4.57 Å². The molecule has 0 aliphatic heterocycles. The topological polar surface area (TPSA) is 48.4 Å². The first kappa shape index (κ1) is 23.5. The lowest BCUT2D eigenvalue weighted by molar-refractivity contribution is -0.701. The van der Waals surface area contributed by atoms with Crippen LogP contribution in [0.25, 0.3) is 0 Å². The summed E-state index contributed by atoms with van der Waals surface area (Å²) in [5.41, 5.74) is 1.34. The van der Waals surface area contributed by atoms with Crippen molar-refractivity contribution >= 4 is 0 Å². The first-order valence-electron chi connectivity index (χ1n) is 11.3. The molecule has 0 aliphatic carbocycles. The van der Waals surface area contributed by atoms with Crippen LogP contribution >= 0.6 is 0 Å². The van der Waals surface area contributed by atoms with Crippen LogP contribution in [0.3, 0.4) is 0 Å². The average molecular weight is 376 g/mol. The zero-order valence-corrected chi connectivity index (χ0v) is 17.9. The largest absolute Gasteiger partial charge is 0.286 e. The van der Waals surface area contributed by atoms with Crippen molar-refractivity contribution in [1.82, 2.24) is 15.2 Å². The van der Waals surface area contributed by atoms with Gasteiger partial charge < -0.3 is 0 Å². The smallest absolute Gasteiger partial charge is 0.241 e. The molecule has 2 N–H and O–H groups in total. The second-order valence-electron chi connectivity index (χ2n) is 7.64. The molecule has 0 atom stereocenters. The Morgan fingerprint density at radius 1 is 0.815 bits per heavy atom. The molecule has 2 aromatic rings. The summed E-state index contributed by atoms with van der Waals surface area (Å²) in [7, 11) is 0. The molecule has 0 spiro atoms. The maximum Gasteiger partial charge on any atom is 0.241 e. The van der Waals surface area contributed by atoms with Crippen LogP contribution in [-0.4, -0.2) is 15.2 Å². The molecule has 0 fully saturated rings. The van der Waals surface area contributed by atoms with E-state index in [0.29, 0.717) is 0 Å². The third-order valence-corrected chi connectivity index (χ3v) is 5.13. The van der Waals surface area contributed by atoms with Crippen LogP contribution in [0.15, 0.2) is 31.0 Å². The maximum absolute atomic E-state index is 3.60. The molecule has 0 aliphatic rings. The van der Waals surface area contributed by atoms with Crippen molar-refractivity contribution in [3.05, 3.63) is 36.7 Å². The van der Waals surface area contributed by atoms with Gasteiger partial charge >= 0.3 is 0 Å². The van der Waals surface area contributed by atoms with Crippen molar-refractivity contribution in [2.75, 3.05) is 0 Å². The predicted molar refractivity (Wildman–Crippen MR) is 115 cm³/mol. The van der Waals surface area contributed by atoms with E-state index < -0.39 is 0 Å². The molecule has 2 heterocycles. The normalized spacial score (nSPS) is 10.6. The van der Waals surface area contributed by atoms with E-state index in [0.717, 1.165) is 0 Å². The number of imidazole rings is 1. The van der Waals surface area contributed by atoms with E-state index in [1.165, 1.54) is 102 Å². The number of rotatable bonds is 15. The molecule has 0 unspecified atom stereocenters. The summed E-state index contributed by atoms with van der Waals surface area (Å²) in [5.74, 6) is 0. The molecule has 0 amide bonds. The third-order valence-electron chi connectivity index (χ3n) is 5.13. The van der Waals surface area contributed by atoms with Crippen molar-refractivity contribution in [3.8, 4) is 0 Å². The summed E-state index contributed by atoms with van der Waals surface area (Å²) >= 11 is 0. The first-order valence-corrected chi connectivity index (χ1v) is 11.3. The molecule has 0 aromatic carbocycles. The molecular formula is C23H43N4+. The van der Waals surface area contributed by atoms with Crippen molar-refractivity contribution in [3.63, 3.8) is 0 Å². The van der Waals surface area contributed by atoms with Gasteiger partial charge in [-0.3, -0.25) is 5.10 Å². The number of unbranched alkanes of at least 4 members (excludes halogenated alkanes) is 13. The summed E-state index contributed by atoms with van der Waals surface area (Å²) < 4.78 is 2.32. The van der Waals surface area contributed by atoms with Gasteiger partial charge in [-0.15, -0.1) is 0 Å². The number of hydrogen-bond acceptors (Lipinski definition) is 1. The molecule has 4 heteroatoms. The highest BCUT2D eigenvalue weighted by Gasteiger charge is 2.02. The van der Waals surface area contributed by atoms with Crippen molar-refractivity contribution < 1.29 is 4.57 Å². The van der Waals surface area contributed by atoms with Crippen LogP contribution in [0, 0.1) is 6.92 Å². The van der Waals surface area contributed by atoms with Crippen molar-refractivity contribution in [2.24, 2.45) is 0 Å². The zero-order chi connectivity index (χ0) is 19.4. The van der Waals surface area contributed by atoms with Crippen LogP contribution in [0.1, 0.15) is 103 Å². The van der Waals surface area contributed by atoms with E-state index in [1.54, 1.807) is 12.4 Å². The van der Waals surface area contributed by atoms with E-state index in [1.807, 2.05) is 6.07 Å². The standard InChI is InChI=1S/C20H38N2.C3H4N2/c1-3-4-5-6-7-8-9-10-11-12-13-14-15-16-17-22-19-21-18-20(22)2;1-2-4-5-3-1/h18-19H,3-17H2,1-2H3;1-3H,(H,4,5)/p+1. The van der Waals surface area contributed by atoms with E-state index in [-0.39, 0.29) is 0 Å². The highest BCUT2D eigenvalue weighted by atomic mass is 15.1. The van der Waals surface area contributed by atoms with Gasteiger partial charge in [0.05, 0.1) is 6.54 Å².